The molecular formula is C18H18BrNO4. The molecule has 6 heteroatoms. The van der Waals surface area contributed by atoms with Crippen LogP contribution in [0.3, 0.4) is 0 Å². The highest BCUT2D eigenvalue weighted by Crippen LogP contribution is 2.18. The van der Waals surface area contributed by atoms with Crippen molar-refractivity contribution in [3.8, 4) is 5.75 Å². The molecule has 0 heterocycles. The lowest BCUT2D eigenvalue weighted by molar-refractivity contribution is -0.118. The van der Waals surface area contributed by atoms with E-state index < -0.39 is 0 Å². The number of amides is 1. The molecule has 0 saturated carbocycles. The molecule has 0 saturated heterocycles. The van der Waals surface area contributed by atoms with E-state index in [2.05, 4.69) is 21.2 Å². The van der Waals surface area contributed by atoms with E-state index in [1.807, 2.05) is 19.1 Å². The van der Waals surface area contributed by atoms with Crippen LogP contribution in [0.4, 0.5) is 5.69 Å². The van der Waals surface area contributed by atoms with Crippen molar-refractivity contribution in [1.29, 1.82) is 0 Å². The van der Waals surface area contributed by atoms with Gasteiger partial charge in [-0.1, -0.05) is 15.9 Å². The number of nitrogens with one attached hydrogen (secondary N) is 1. The first kappa shape index (κ1) is 18.0. The third kappa shape index (κ3) is 5.09. The summed E-state index contributed by atoms with van der Waals surface area (Å²) in [6, 6.07) is 12.2. The Labute approximate surface area is 149 Å². The number of benzene rings is 2. The molecule has 2 aromatic carbocycles. The molecule has 126 valence electrons. The second-order valence-electron chi connectivity index (χ2n) is 5.04. The average Bonchev–Trinajstić information content (AvgIpc) is 2.56. The molecule has 0 spiro atoms. The Morgan fingerprint density at radius 1 is 1.12 bits per heavy atom. The molecule has 0 radical (unpaired) electrons. The number of anilines is 1. The van der Waals surface area contributed by atoms with Crippen LogP contribution in [-0.4, -0.2) is 25.1 Å². The minimum absolute atomic E-state index is 0.0965. The lowest BCUT2D eigenvalue weighted by atomic mass is 10.1. The number of carbonyl (C=O) groups is 2. The third-order valence-corrected chi connectivity index (χ3v) is 3.72. The fraction of sp³-hybridized carbons (Fsp3) is 0.222. The van der Waals surface area contributed by atoms with Crippen molar-refractivity contribution in [1.82, 2.24) is 0 Å². The zero-order valence-electron chi connectivity index (χ0n) is 13.5. The first-order valence-corrected chi connectivity index (χ1v) is 8.25. The van der Waals surface area contributed by atoms with Gasteiger partial charge in [0.15, 0.2) is 6.61 Å². The molecule has 0 unspecified atom stereocenters. The fourth-order valence-corrected chi connectivity index (χ4v) is 2.28. The Balaban J connectivity index is 1.93. The largest absolute Gasteiger partial charge is 0.484 e. The molecule has 0 aliphatic rings. The van der Waals surface area contributed by atoms with E-state index in [0.717, 1.165) is 10.0 Å². The molecule has 1 N–H and O–H groups in total. The van der Waals surface area contributed by atoms with Gasteiger partial charge in [0.2, 0.25) is 0 Å². The van der Waals surface area contributed by atoms with Crippen molar-refractivity contribution in [2.24, 2.45) is 0 Å². The van der Waals surface area contributed by atoms with Crippen molar-refractivity contribution in [2.45, 2.75) is 13.8 Å². The van der Waals surface area contributed by atoms with E-state index >= 15 is 0 Å². The second-order valence-corrected chi connectivity index (χ2v) is 5.96. The van der Waals surface area contributed by atoms with Crippen LogP contribution in [0.2, 0.25) is 0 Å². The second kappa shape index (κ2) is 8.49. The van der Waals surface area contributed by atoms with Crippen molar-refractivity contribution in [3.05, 3.63) is 58.1 Å². The van der Waals surface area contributed by atoms with Crippen LogP contribution in [0.15, 0.2) is 46.9 Å². The summed E-state index contributed by atoms with van der Waals surface area (Å²) < 4.78 is 11.3. The number of hydrogen-bond acceptors (Lipinski definition) is 4. The molecule has 2 rings (SSSR count). The van der Waals surface area contributed by atoms with Gasteiger partial charge < -0.3 is 14.8 Å². The monoisotopic (exact) mass is 391 g/mol. The van der Waals surface area contributed by atoms with E-state index in [-0.39, 0.29) is 18.5 Å². The molecule has 0 aromatic heterocycles. The molecule has 2 aromatic rings. The van der Waals surface area contributed by atoms with E-state index in [1.54, 1.807) is 37.3 Å². The standard InChI is InChI=1S/C18H18BrNO4/c1-3-23-18(22)13-4-9-16(12(2)10-13)20-17(21)11-24-15-7-5-14(19)6-8-15/h4-10H,3,11H2,1-2H3,(H,20,21). The minimum Gasteiger partial charge on any atom is -0.484 e. The summed E-state index contributed by atoms with van der Waals surface area (Å²) in [6.07, 6.45) is 0. The zero-order chi connectivity index (χ0) is 17.5. The molecular weight excluding hydrogens is 374 g/mol. The fourth-order valence-electron chi connectivity index (χ4n) is 2.01. The first-order valence-electron chi connectivity index (χ1n) is 7.45. The Morgan fingerprint density at radius 3 is 2.46 bits per heavy atom. The maximum Gasteiger partial charge on any atom is 0.338 e. The number of rotatable bonds is 6. The van der Waals surface area contributed by atoms with Gasteiger partial charge in [0.1, 0.15) is 5.75 Å². The van der Waals surface area contributed by atoms with Gasteiger partial charge in [-0.3, -0.25) is 4.79 Å². The van der Waals surface area contributed by atoms with Crippen molar-refractivity contribution >= 4 is 33.5 Å². The highest BCUT2D eigenvalue weighted by atomic mass is 79.9. The van der Waals surface area contributed by atoms with E-state index in [4.69, 9.17) is 9.47 Å². The van der Waals surface area contributed by atoms with Crippen LogP contribution < -0.4 is 10.1 Å². The first-order chi connectivity index (χ1) is 11.5. The Bertz CT molecular complexity index is 728. The Hall–Kier alpha value is -2.34. The number of halogens is 1. The highest BCUT2D eigenvalue weighted by molar-refractivity contribution is 9.10. The maximum absolute atomic E-state index is 12.0. The van der Waals surface area contributed by atoms with Crippen LogP contribution in [0.25, 0.3) is 0 Å². The molecule has 24 heavy (non-hydrogen) atoms. The predicted molar refractivity (Wildman–Crippen MR) is 95.4 cm³/mol. The highest BCUT2D eigenvalue weighted by Gasteiger charge is 2.10. The SMILES string of the molecule is CCOC(=O)c1ccc(NC(=O)COc2ccc(Br)cc2)c(C)c1. The van der Waals surface area contributed by atoms with Crippen LogP contribution in [0.1, 0.15) is 22.8 Å². The molecule has 0 aliphatic heterocycles. The van der Waals surface area contributed by atoms with Gasteiger partial charge in [-0.15, -0.1) is 0 Å². The normalized spacial score (nSPS) is 10.1. The predicted octanol–water partition coefficient (Wildman–Crippen LogP) is 3.95. The van der Waals surface area contributed by atoms with Gasteiger partial charge in [0.05, 0.1) is 12.2 Å². The van der Waals surface area contributed by atoms with Crippen molar-refractivity contribution in [3.63, 3.8) is 0 Å². The quantitative estimate of drug-likeness (QED) is 0.757. The van der Waals surface area contributed by atoms with E-state index in [0.29, 0.717) is 23.6 Å². The van der Waals surface area contributed by atoms with Gasteiger partial charge in [-0.05, 0) is 61.9 Å². The topological polar surface area (TPSA) is 64.6 Å². The van der Waals surface area contributed by atoms with Gasteiger partial charge in [0.25, 0.3) is 5.91 Å². The van der Waals surface area contributed by atoms with Crippen LogP contribution in [0, 0.1) is 6.92 Å². The van der Waals surface area contributed by atoms with Gasteiger partial charge in [-0.2, -0.15) is 0 Å². The number of aryl methyl sites for hydroxylation is 1. The summed E-state index contributed by atoms with van der Waals surface area (Å²) in [5.74, 6) is -0.0373. The summed E-state index contributed by atoms with van der Waals surface area (Å²) in [6.45, 7) is 3.79. The van der Waals surface area contributed by atoms with Crippen molar-refractivity contribution < 1.29 is 19.1 Å². The minimum atomic E-state index is -0.378. The lowest BCUT2D eigenvalue weighted by Crippen LogP contribution is -2.20. The van der Waals surface area contributed by atoms with Gasteiger partial charge in [0, 0.05) is 10.2 Å². The summed E-state index contributed by atoms with van der Waals surface area (Å²) in [7, 11) is 0. The number of hydrogen-bond donors (Lipinski definition) is 1. The van der Waals surface area contributed by atoms with E-state index in [9.17, 15) is 9.59 Å². The Morgan fingerprint density at radius 2 is 1.83 bits per heavy atom. The molecule has 0 aliphatic carbocycles. The molecule has 0 bridgehead atoms. The molecule has 0 atom stereocenters. The molecule has 1 amide bonds. The summed E-state index contributed by atoms with van der Waals surface area (Å²) in [5, 5.41) is 2.76. The summed E-state index contributed by atoms with van der Waals surface area (Å²) in [4.78, 5) is 23.7. The number of esters is 1. The summed E-state index contributed by atoms with van der Waals surface area (Å²) in [5.41, 5.74) is 1.86. The van der Waals surface area contributed by atoms with Crippen molar-refractivity contribution in [2.75, 3.05) is 18.5 Å². The van der Waals surface area contributed by atoms with Crippen LogP contribution >= 0.6 is 15.9 Å². The molecule has 5 nitrogen and oxygen atoms in total. The van der Waals surface area contributed by atoms with Gasteiger partial charge in [-0.25, -0.2) is 4.79 Å². The number of ether oxygens (including phenoxy) is 2. The average molecular weight is 392 g/mol. The zero-order valence-corrected chi connectivity index (χ0v) is 15.1. The third-order valence-electron chi connectivity index (χ3n) is 3.20. The maximum atomic E-state index is 12.0. The van der Waals surface area contributed by atoms with Crippen LogP contribution in [0.5, 0.6) is 5.75 Å². The summed E-state index contributed by atoms with van der Waals surface area (Å²) >= 11 is 3.34. The van der Waals surface area contributed by atoms with Crippen LogP contribution in [-0.2, 0) is 9.53 Å². The lowest BCUT2D eigenvalue weighted by Gasteiger charge is -2.11. The van der Waals surface area contributed by atoms with Gasteiger partial charge >= 0.3 is 5.97 Å². The smallest absolute Gasteiger partial charge is 0.338 e. The number of carbonyl (C=O) groups excluding carboxylic acids is 2. The molecule has 0 fully saturated rings. The Kier molecular flexibility index (Phi) is 6.37. The van der Waals surface area contributed by atoms with E-state index in [1.165, 1.54) is 0 Å².